The lowest BCUT2D eigenvalue weighted by molar-refractivity contribution is -0.118. The highest BCUT2D eigenvalue weighted by Crippen LogP contribution is 2.19. The molecule has 0 unspecified atom stereocenters. The topological polar surface area (TPSA) is 64.0 Å². The first-order chi connectivity index (χ1) is 11.6. The summed E-state index contributed by atoms with van der Waals surface area (Å²) in [7, 11) is 1.68. The second-order valence-corrected chi connectivity index (χ2v) is 7.13. The Balaban J connectivity index is 1.54. The summed E-state index contributed by atoms with van der Waals surface area (Å²) in [6, 6.07) is 11.8. The summed E-state index contributed by atoms with van der Waals surface area (Å²) >= 11 is 2.66. The smallest absolute Gasteiger partial charge is 0.271 e. The minimum atomic E-state index is -0.0676. The van der Waals surface area contributed by atoms with E-state index in [2.05, 4.69) is 10.3 Å². The predicted molar refractivity (Wildman–Crippen MR) is 98.7 cm³/mol. The number of carbonyl (C=O) groups is 1. The normalized spacial score (nSPS) is 10.9. The average molecular weight is 359 g/mol. The number of carbonyl (C=O) groups excluding carboxylic acids is 1. The zero-order chi connectivity index (χ0) is 16.9. The summed E-state index contributed by atoms with van der Waals surface area (Å²) in [5, 5.41) is 5.31. The van der Waals surface area contributed by atoms with Crippen molar-refractivity contribution in [3.05, 3.63) is 57.7 Å². The SMILES string of the molecule is Cn1c(SCC(=O)NCCc2ccccc2)nc2ccsc2c1=O. The molecule has 2 heterocycles. The number of rotatable bonds is 6. The van der Waals surface area contributed by atoms with Crippen LogP contribution in [0.1, 0.15) is 5.56 Å². The zero-order valence-electron chi connectivity index (χ0n) is 13.2. The lowest BCUT2D eigenvalue weighted by Gasteiger charge is -2.08. The minimum Gasteiger partial charge on any atom is -0.355 e. The van der Waals surface area contributed by atoms with Crippen molar-refractivity contribution < 1.29 is 4.79 Å². The van der Waals surface area contributed by atoms with Gasteiger partial charge in [-0.3, -0.25) is 14.2 Å². The standard InChI is InChI=1S/C17H17N3O2S2/c1-20-16(22)15-13(8-10-23-15)19-17(20)24-11-14(21)18-9-7-12-5-3-2-4-6-12/h2-6,8,10H,7,9,11H2,1H3,(H,18,21). The molecular weight excluding hydrogens is 342 g/mol. The monoisotopic (exact) mass is 359 g/mol. The van der Waals surface area contributed by atoms with Crippen LogP contribution in [0.2, 0.25) is 0 Å². The molecule has 0 aliphatic carbocycles. The van der Waals surface area contributed by atoms with Crippen LogP contribution in [0.15, 0.2) is 51.7 Å². The summed E-state index contributed by atoms with van der Waals surface area (Å²) in [5.41, 5.74) is 1.81. The van der Waals surface area contributed by atoms with Crippen LogP contribution in [0.4, 0.5) is 0 Å². The largest absolute Gasteiger partial charge is 0.355 e. The highest BCUT2D eigenvalue weighted by Gasteiger charge is 2.11. The summed E-state index contributed by atoms with van der Waals surface area (Å²) in [6.45, 7) is 0.597. The van der Waals surface area contributed by atoms with Gasteiger partial charge in [0.05, 0.1) is 11.3 Å². The van der Waals surface area contributed by atoms with Gasteiger partial charge in [-0.25, -0.2) is 4.98 Å². The van der Waals surface area contributed by atoms with E-state index < -0.39 is 0 Å². The van der Waals surface area contributed by atoms with E-state index in [1.807, 2.05) is 41.8 Å². The van der Waals surface area contributed by atoms with Gasteiger partial charge >= 0.3 is 0 Å². The van der Waals surface area contributed by atoms with Crippen LogP contribution in [0.5, 0.6) is 0 Å². The van der Waals surface area contributed by atoms with Crippen LogP contribution in [0.3, 0.4) is 0 Å². The Morgan fingerprint density at radius 3 is 2.88 bits per heavy atom. The third-order valence-electron chi connectivity index (χ3n) is 3.56. The maximum absolute atomic E-state index is 12.2. The molecule has 7 heteroatoms. The maximum Gasteiger partial charge on any atom is 0.271 e. The second kappa shape index (κ2) is 7.63. The van der Waals surface area contributed by atoms with Crippen molar-refractivity contribution in [1.82, 2.24) is 14.9 Å². The first kappa shape index (κ1) is 16.7. The van der Waals surface area contributed by atoms with Gasteiger partial charge in [-0.1, -0.05) is 42.1 Å². The number of amides is 1. The van der Waals surface area contributed by atoms with Crippen LogP contribution < -0.4 is 10.9 Å². The molecular formula is C17H17N3O2S2. The van der Waals surface area contributed by atoms with Crippen LogP contribution in [-0.2, 0) is 18.3 Å². The Morgan fingerprint density at radius 2 is 2.08 bits per heavy atom. The van der Waals surface area contributed by atoms with E-state index in [1.165, 1.54) is 33.2 Å². The molecule has 3 rings (SSSR count). The highest BCUT2D eigenvalue weighted by atomic mass is 32.2. The molecule has 3 aromatic rings. The highest BCUT2D eigenvalue weighted by molar-refractivity contribution is 7.99. The van der Waals surface area contributed by atoms with E-state index in [9.17, 15) is 9.59 Å². The third kappa shape index (κ3) is 3.85. The van der Waals surface area contributed by atoms with Gasteiger partial charge in [0, 0.05) is 13.6 Å². The molecule has 0 aliphatic heterocycles. The van der Waals surface area contributed by atoms with Crippen molar-refractivity contribution in [3.63, 3.8) is 0 Å². The van der Waals surface area contributed by atoms with Gasteiger partial charge in [-0.15, -0.1) is 11.3 Å². The Kier molecular flexibility index (Phi) is 5.32. The van der Waals surface area contributed by atoms with Crippen molar-refractivity contribution in [2.75, 3.05) is 12.3 Å². The van der Waals surface area contributed by atoms with E-state index in [0.717, 1.165) is 6.42 Å². The fraction of sp³-hybridized carbons (Fsp3) is 0.235. The number of thiophene rings is 1. The van der Waals surface area contributed by atoms with Gasteiger partial charge in [0.25, 0.3) is 5.56 Å². The number of nitrogens with one attached hydrogen (secondary N) is 1. The van der Waals surface area contributed by atoms with E-state index >= 15 is 0 Å². The molecule has 0 saturated heterocycles. The molecule has 5 nitrogen and oxygen atoms in total. The zero-order valence-corrected chi connectivity index (χ0v) is 14.8. The Hall–Kier alpha value is -2.12. The molecule has 0 spiro atoms. The van der Waals surface area contributed by atoms with Crippen LogP contribution in [0, 0.1) is 0 Å². The number of hydrogen-bond acceptors (Lipinski definition) is 5. The Bertz CT molecular complexity index is 903. The summed E-state index contributed by atoms with van der Waals surface area (Å²) < 4.78 is 2.15. The summed E-state index contributed by atoms with van der Waals surface area (Å²) in [5.74, 6) is 0.181. The van der Waals surface area contributed by atoms with Crippen molar-refractivity contribution >= 4 is 39.2 Å². The summed E-state index contributed by atoms with van der Waals surface area (Å²) in [4.78, 5) is 28.6. The van der Waals surface area contributed by atoms with Gasteiger partial charge in [0.1, 0.15) is 4.70 Å². The first-order valence-electron chi connectivity index (χ1n) is 7.53. The van der Waals surface area contributed by atoms with Crippen LogP contribution >= 0.6 is 23.1 Å². The fourth-order valence-corrected chi connectivity index (χ4v) is 3.88. The number of thioether (sulfide) groups is 1. The molecule has 1 aromatic carbocycles. The number of benzene rings is 1. The number of fused-ring (bicyclic) bond motifs is 1. The quantitative estimate of drug-likeness (QED) is 0.542. The van der Waals surface area contributed by atoms with Crippen LogP contribution in [0.25, 0.3) is 10.2 Å². The van der Waals surface area contributed by atoms with Crippen molar-refractivity contribution in [3.8, 4) is 0 Å². The molecule has 0 aliphatic rings. The van der Waals surface area contributed by atoms with E-state index in [1.54, 1.807) is 7.05 Å². The van der Waals surface area contributed by atoms with Crippen molar-refractivity contribution in [1.29, 1.82) is 0 Å². The minimum absolute atomic E-state index is 0.0596. The molecule has 0 fully saturated rings. The lowest BCUT2D eigenvalue weighted by Crippen LogP contribution is -2.28. The van der Waals surface area contributed by atoms with Gasteiger partial charge in [0.2, 0.25) is 5.91 Å². The Morgan fingerprint density at radius 1 is 1.29 bits per heavy atom. The molecule has 0 atom stereocenters. The molecule has 124 valence electrons. The molecule has 24 heavy (non-hydrogen) atoms. The van der Waals surface area contributed by atoms with Gasteiger partial charge < -0.3 is 5.32 Å². The van der Waals surface area contributed by atoms with Gasteiger partial charge in [-0.2, -0.15) is 0 Å². The van der Waals surface area contributed by atoms with Crippen molar-refractivity contribution in [2.24, 2.45) is 7.05 Å². The lowest BCUT2D eigenvalue weighted by atomic mass is 10.1. The van der Waals surface area contributed by atoms with Gasteiger partial charge in [-0.05, 0) is 23.4 Å². The fourth-order valence-electron chi connectivity index (χ4n) is 2.27. The third-order valence-corrected chi connectivity index (χ3v) is 5.48. The molecule has 0 saturated carbocycles. The Labute approximate surface area is 147 Å². The number of aromatic nitrogens is 2. The maximum atomic E-state index is 12.2. The molecule has 0 bridgehead atoms. The number of hydrogen-bond donors (Lipinski definition) is 1. The molecule has 1 amide bonds. The van der Waals surface area contributed by atoms with Crippen LogP contribution in [-0.4, -0.2) is 27.8 Å². The van der Waals surface area contributed by atoms with Gasteiger partial charge in [0.15, 0.2) is 5.16 Å². The molecule has 0 radical (unpaired) electrons. The first-order valence-corrected chi connectivity index (χ1v) is 9.39. The van der Waals surface area contributed by atoms with E-state index in [0.29, 0.717) is 21.9 Å². The van der Waals surface area contributed by atoms with E-state index in [-0.39, 0.29) is 17.2 Å². The second-order valence-electron chi connectivity index (χ2n) is 5.27. The summed E-state index contributed by atoms with van der Waals surface area (Å²) in [6.07, 6.45) is 0.800. The average Bonchev–Trinajstić information content (AvgIpc) is 3.06. The molecule has 2 aromatic heterocycles. The van der Waals surface area contributed by atoms with Crippen molar-refractivity contribution in [2.45, 2.75) is 11.6 Å². The molecule has 1 N–H and O–H groups in total. The number of nitrogens with zero attached hydrogens (tertiary/aromatic N) is 2. The predicted octanol–water partition coefficient (Wildman–Crippen LogP) is 2.45. The van der Waals surface area contributed by atoms with E-state index in [4.69, 9.17) is 0 Å².